The van der Waals surface area contributed by atoms with E-state index in [2.05, 4.69) is 4.98 Å². The van der Waals surface area contributed by atoms with Crippen molar-refractivity contribution < 1.29 is 5.11 Å². The fourth-order valence-corrected chi connectivity index (χ4v) is 1.47. The van der Waals surface area contributed by atoms with Gasteiger partial charge in [0, 0.05) is 24.6 Å². The van der Waals surface area contributed by atoms with Crippen molar-refractivity contribution in [1.29, 1.82) is 0 Å². The van der Waals surface area contributed by atoms with E-state index in [4.69, 9.17) is 5.73 Å². The van der Waals surface area contributed by atoms with Crippen LogP contribution in [-0.2, 0) is 13.0 Å². The minimum absolute atomic E-state index is 0.296. The van der Waals surface area contributed by atoms with Crippen LogP contribution in [0.1, 0.15) is 5.56 Å². The molecule has 4 nitrogen and oxygen atoms in total. The maximum atomic E-state index is 9.58. The second-order valence-corrected chi connectivity index (χ2v) is 3.44. The van der Waals surface area contributed by atoms with E-state index in [0.29, 0.717) is 11.4 Å². The van der Waals surface area contributed by atoms with Crippen molar-refractivity contribution in [2.75, 3.05) is 5.73 Å². The minimum atomic E-state index is 0.296. The number of anilines is 1. The van der Waals surface area contributed by atoms with Crippen LogP contribution in [0.3, 0.4) is 0 Å². The number of hydrogen-bond donors (Lipinski definition) is 2. The standard InChI is InChI=1S/C11H13N3O/c12-10-1-2-11(15)9(7-10)3-5-14-6-4-13-8-14/h1-2,4,6-8,15H,3,5,12H2. The number of aromatic nitrogens is 2. The highest BCUT2D eigenvalue weighted by molar-refractivity contribution is 5.47. The number of phenols is 1. The molecule has 0 aliphatic carbocycles. The van der Waals surface area contributed by atoms with Gasteiger partial charge in [0.25, 0.3) is 0 Å². The van der Waals surface area contributed by atoms with Crippen molar-refractivity contribution >= 4 is 5.69 Å². The van der Waals surface area contributed by atoms with Crippen LogP contribution >= 0.6 is 0 Å². The van der Waals surface area contributed by atoms with E-state index in [1.807, 2.05) is 10.8 Å². The molecule has 1 aromatic heterocycles. The Morgan fingerprint density at radius 2 is 2.27 bits per heavy atom. The Kier molecular flexibility index (Phi) is 2.58. The maximum absolute atomic E-state index is 9.58. The Balaban J connectivity index is 2.07. The second kappa shape index (κ2) is 4.04. The molecular weight excluding hydrogens is 190 g/mol. The average Bonchev–Trinajstić information content (AvgIpc) is 2.72. The number of aryl methyl sites for hydroxylation is 2. The van der Waals surface area contributed by atoms with Crippen LogP contribution in [0.5, 0.6) is 5.75 Å². The van der Waals surface area contributed by atoms with E-state index in [1.54, 1.807) is 30.7 Å². The molecule has 0 atom stereocenters. The molecule has 1 aromatic carbocycles. The predicted molar refractivity (Wildman–Crippen MR) is 58.5 cm³/mol. The maximum Gasteiger partial charge on any atom is 0.118 e. The monoisotopic (exact) mass is 203 g/mol. The van der Waals surface area contributed by atoms with Crippen LogP contribution in [0.4, 0.5) is 5.69 Å². The number of benzene rings is 1. The van der Waals surface area contributed by atoms with Gasteiger partial charge in [0.05, 0.1) is 6.33 Å². The molecule has 4 heteroatoms. The summed E-state index contributed by atoms with van der Waals surface area (Å²) in [6, 6.07) is 5.11. The van der Waals surface area contributed by atoms with Crippen LogP contribution in [0.2, 0.25) is 0 Å². The highest BCUT2D eigenvalue weighted by Crippen LogP contribution is 2.20. The zero-order chi connectivity index (χ0) is 10.7. The third kappa shape index (κ3) is 2.28. The molecule has 0 aliphatic heterocycles. The quantitative estimate of drug-likeness (QED) is 0.585. The summed E-state index contributed by atoms with van der Waals surface area (Å²) in [4.78, 5) is 3.95. The molecule has 2 aromatic rings. The van der Waals surface area contributed by atoms with Gasteiger partial charge < -0.3 is 15.4 Å². The lowest BCUT2D eigenvalue weighted by atomic mass is 10.1. The molecule has 0 aliphatic rings. The summed E-state index contributed by atoms with van der Waals surface area (Å²) in [5.74, 6) is 0.296. The summed E-state index contributed by atoms with van der Waals surface area (Å²) in [5.41, 5.74) is 7.19. The SMILES string of the molecule is Nc1ccc(O)c(CCn2ccnc2)c1. The molecule has 0 amide bonds. The molecule has 1 heterocycles. The fraction of sp³-hybridized carbons (Fsp3) is 0.182. The molecular formula is C11H13N3O. The third-order valence-electron chi connectivity index (χ3n) is 2.30. The van der Waals surface area contributed by atoms with E-state index >= 15 is 0 Å². The lowest BCUT2D eigenvalue weighted by molar-refractivity contribution is 0.466. The highest BCUT2D eigenvalue weighted by Gasteiger charge is 2.01. The van der Waals surface area contributed by atoms with E-state index in [-0.39, 0.29) is 0 Å². The van der Waals surface area contributed by atoms with Crippen LogP contribution < -0.4 is 5.73 Å². The van der Waals surface area contributed by atoms with Gasteiger partial charge in [-0.25, -0.2) is 4.98 Å². The molecule has 3 N–H and O–H groups in total. The van der Waals surface area contributed by atoms with Gasteiger partial charge in [0.15, 0.2) is 0 Å². The van der Waals surface area contributed by atoms with Crippen molar-refractivity contribution in [3.8, 4) is 5.75 Å². The number of rotatable bonds is 3. The molecule has 0 bridgehead atoms. The van der Waals surface area contributed by atoms with Gasteiger partial charge in [-0.15, -0.1) is 0 Å². The van der Waals surface area contributed by atoms with Crippen LogP contribution in [0, 0.1) is 0 Å². The first kappa shape index (κ1) is 9.58. The summed E-state index contributed by atoms with van der Waals surface area (Å²) in [6.07, 6.45) is 6.12. The lowest BCUT2D eigenvalue weighted by Crippen LogP contribution is -1.99. The number of imidazole rings is 1. The van der Waals surface area contributed by atoms with Gasteiger partial charge in [-0.1, -0.05) is 0 Å². The van der Waals surface area contributed by atoms with Gasteiger partial charge in [-0.05, 0) is 30.2 Å². The van der Waals surface area contributed by atoms with Gasteiger partial charge in [0.2, 0.25) is 0 Å². The zero-order valence-corrected chi connectivity index (χ0v) is 8.30. The van der Waals surface area contributed by atoms with E-state index in [9.17, 15) is 5.11 Å². The second-order valence-electron chi connectivity index (χ2n) is 3.44. The van der Waals surface area contributed by atoms with Crippen molar-refractivity contribution in [3.63, 3.8) is 0 Å². The molecule has 15 heavy (non-hydrogen) atoms. The van der Waals surface area contributed by atoms with Gasteiger partial charge in [-0.2, -0.15) is 0 Å². The lowest BCUT2D eigenvalue weighted by Gasteiger charge is -2.06. The first-order valence-electron chi connectivity index (χ1n) is 4.79. The third-order valence-corrected chi connectivity index (χ3v) is 2.30. The van der Waals surface area contributed by atoms with Gasteiger partial charge >= 0.3 is 0 Å². The van der Waals surface area contributed by atoms with E-state index in [0.717, 1.165) is 18.5 Å². The first-order chi connectivity index (χ1) is 7.25. The summed E-state index contributed by atoms with van der Waals surface area (Å²) >= 11 is 0. The summed E-state index contributed by atoms with van der Waals surface area (Å²) in [5, 5.41) is 9.58. The Morgan fingerprint density at radius 3 is 3.00 bits per heavy atom. The summed E-state index contributed by atoms with van der Waals surface area (Å²) in [7, 11) is 0. The number of nitrogens with two attached hydrogens (primary N) is 1. The molecule has 0 saturated carbocycles. The summed E-state index contributed by atoms with van der Waals surface area (Å²) < 4.78 is 1.96. The van der Waals surface area contributed by atoms with Crippen molar-refractivity contribution in [2.45, 2.75) is 13.0 Å². The van der Waals surface area contributed by atoms with Gasteiger partial charge in [-0.3, -0.25) is 0 Å². The minimum Gasteiger partial charge on any atom is -0.508 e. The number of nitrogen functional groups attached to an aromatic ring is 1. The zero-order valence-electron chi connectivity index (χ0n) is 8.30. The van der Waals surface area contributed by atoms with Crippen molar-refractivity contribution in [1.82, 2.24) is 9.55 Å². The molecule has 0 unspecified atom stereocenters. The molecule has 0 fully saturated rings. The Hall–Kier alpha value is -1.97. The smallest absolute Gasteiger partial charge is 0.118 e. The largest absolute Gasteiger partial charge is 0.508 e. The molecule has 0 saturated heterocycles. The number of hydrogen-bond acceptors (Lipinski definition) is 3. The Bertz CT molecular complexity index is 437. The van der Waals surface area contributed by atoms with Crippen LogP contribution in [0.15, 0.2) is 36.9 Å². The van der Waals surface area contributed by atoms with Crippen LogP contribution in [0.25, 0.3) is 0 Å². The van der Waals surface area contributed by atoms with Crippen molar-refractivity contribution in [3.05, 3.63) is 42.5 Å². The Morgan fingerprint density at radius 1 is 1.40 bits per heavy atom. The van der Waals surface area contributed by atoms with Crippen molar-refractivity contribution in [2.24, 2.45) is 0 Å². The number of aromatic hydroxyl groups is 1. The fourth-order valence-electron chi connectivity index (χ4n) is 1.47. The van der Waals surface area contributed by atoms with Crippen LogP contribution in [-0.4, -0.2) is 14.7 Å². The molecule has 0 spiro atoms. The number of phenolic OH excluding ortho intramolecular Hbond substituents is 1. The van der Waals surface area contributed by atoms with E-state index < -0.39 is 0 Å². The molecule has 78 valence electrons. The van der Waals surface area contributed by atoms with E-state index in [1.165, 1.54) is 0 Å². The normalized spacial score (nSPS) is 10.4. The summed E-state index contributed by atoms with van der Waals surface area (Å²) in [6.45, 7) is 0.789. The Labute approximate surface area is 88.0 Å². The van der Waals surface area contributed by atoms with Gasteiger partial charge in [0.1, 0.15) is 5.75 Å². The predicted octanol–water partition coefficient (Wildman–Crippen LogP) is 1.41. The topological polar surface area (TPSA) is 64.1 Å². The average molecular weight is 203 g/mol. The molecule has 2 rings (SSSR count). The molecule has 0 radical (unpaired) electrons. The highest BCUT2D eigenvalue weighted by atomic mass is 16.3. The number of nitrogens with zero attached hydrogens (tertiary/aromatic N) is 2. The first-order valence-corrected chi connectivity index (χ1v) is 4.79.